The summed E-state index contributed by atoms with van der Waals surface area (Å²) in [6.45, 7) is 4.34. The van der Waals surface area contributed by atoms with Crippen LogP contribution in [0.25, 0.3) is 11.0 Å². The maximum absolute atomic E-state index is 11.2. The third-order valence-electron chi connectivity index (χ3n) is 2.90. The van der Waals surface area contributed by atoms with Crippen molar-refractivity contribution in [1.29, 1.82) is 0 Å². The number of esters is 1. The van der Waals surface area contributed by atoms with Crippen molar-refractivity contribution in [2.45, 2.75) is 32.9 Å². The van der Waals surface area contributed by atoms with E-state index in [0.29, 0.717) is 23.8 Å². The van der Waals surface area contributed by atoms with Crippen molar-refractivity contribution in [3.8, 4) is 5.75 Å². The predicted octanol–water partition coefficient (Wildman–Crippen LogP) is 1.97. The number of carbonyl (C=O) groups is 1. The van der Waals surface area contributed by atoms with E-state index in [9.17, 15) is 4.79 Å². The van der Waals surface area contributed by atoms with Crippen molar-refractivity contribution in [1.82, 2.24) is 9.55 Å². The summed E-state index contributed by atoms with van der Waals surface area (Å²) in [7, 11) is 1.37. The second-order valence-corrected chi connectivity index (χ2v) is 4.74. The number of hydrogen-bond acceptors (Lipinski definition) is 5. The number of fused-ring (bicyclic) bond motifs is 1. The number of hydrogen-bond donors (Lipinski definition) is 1. The Morgan fingerprint density at radius 1 is 1.45 bits per heavy atom. The Bertz CT molecular complexity index is 619. The molecule has 0 saturated heterocycles. The van der Waals surface area contributed by atoms with E-state index >= 15 is 0 Å². The molecular weight excluding hydrogens is 258 g/mol. The van der Waals surface area contributed by atoms with E-state index in [2.05, 4.69) is 9.72 Å². The third-order valence-corrected chi connectivity index (χ3v) is 2.90. The van der Waals surface area contributed by atoms with Gasteiger partial charge in [-0.05, 0) is 26.0 Å². The van der Waals surface area contributed by atoms with Crippen LogP contribution in [0.4, 0.5) is 5.95 Å². The molecule has 6 heteroatoms. The van der Waals surface area contributed by atoms with Gasteiger partial charge in [-0.15, -0.1) is 0 Å². The van der Waals surface area contributed by atoms with Crippen LogP contribution in [0.5, 0.6) is 5.75 Å². The Kier molecular flexibility index (Phi) is 4.12. The van der Waals surface area contributed by atoms with E-state index in [1.165, 1.54) is 7.11 Å². The number of aromatic nitrogens is 2. The number of benzene rings is 1. The van der Waals surface area contributed by atoms with Gasteiger partial charge < -0.3 is 19.8 Å². The van der Waals surface area contributed by atoms with Crippen molar-refractivity contribution in [3.63, 3.8) is 0 Å². The van der Waals surface area contributed by atoms with Crippen LogP contribution in [0.15, 0.2) is 18.2 Å². The molecule has 2 N–H and O–H groups in total. The normalized spacial score (nSPS) is 11.0. The first-order chi connectivity index (χ1) is 9.52. The van der Waals surface area contributed by atoms with E-state index in [1.54, 1.807) is 4.57 Å². The summed E-state index contributed by atoms with van der Waals surface area (Å²) >= 11 is 0. The van der Waals surface area contributed by atoms with E-state index < -0.39 is 0 Å². The van der Waals surface area contributed by atoms with Gasteiger partial charge in [0.25, 0.3) is 0 Å². The fourth-order valence-corrected chi connectivity index (χ4v) is 2.03. The zero-order valence-electron chi connectivity index (χ0n) is 11.9. The first-order valence-corrected chi connectivity index (χ1v) is 6.51. The lowest BCUT2D eigenvalue weighted by molar-refractivity contribution is -0.140. The summed E-state index contributed by atoms with van der Waals surface area (Å²) in [5.74, 6) is 0.783. The number of para-hydroxylation sites is 1. The number of nitrogen functional groups attached to an aromatic ring is 1. The Hall–Kier alpha value is -2.24. The van der Waals surface area contributed by atoms with Crippen LogP contribution < -0.4 is 10.5 Å². The standard InChI is InChI=1S/C14H19N3O3/c1-9(2)20-11-6-4-5-10-13(11)16-14(15)17(10)8-7-12(18)19-3/h4-6,9H,7-8H2,1-3H3,(H2,15,16). The number of carbonyl (C=O) groups excluding carboxylic acids is 1. The van der Waals surface area contributed by atoms with E-state index in [4.69, 9.17) is 10.5 Å². The monoisotopic (exact) mass is 277 g/mol. The van der Waals surface area contributed by atoms with Crippen molar-refractivity contribution >= 4 is 23.0 Å². The Morgan fingerprint density at radius 2 is 2.20 bits per heavy atom. The van der Waals surface area contributed by atoms with Crippen LogP contribution in [-0.4, -0.2) is 28.7 Å². The van der Waals surface area contributed by atoms with Crippen LogP contribution in [0.1, 0.15) is 20.3 Å². The van der Waals surface area contributed by atoms with Gasteiger partial charge in [-0.3, -0.25) is 4.79 Å². The molecule has 0 fully saturated rings. The van der Waals surface area contributed by atoms with Gasteiger partial charge in [-0.2, -0.15) is 0 Å². The molecule has 2 rings (SSSR count). The minimum absolute atomic E-state index is 0.0574. The molecule has 0 radical (unpaired) electrons. The number of rotatable bonds is 5. The first-order valence-electron chi connectivity index (χ1n) is 6.51. The summed E-state index contributed by atoms with van der Waals surface area (Å²) in [5, 5.41) is 0. The molecule has 108 valence electrons. The van der Waals surface area contributed by atoms with Gasteiger partial charge in [-0.1, -0.05) is 6.07 Å². The van der Waals surface area contributed by atoms with Gasteiger partial charge in [0.15, 0.2) is 0 Å². The molecule has 0 unspecified atom stereocenters. The Labute approximate surface area is 117 Å². The van der Waals surface area contributed by atoms with Crippen molar-refractivity contribution in [2.75, 3.05) is 12.8 Å². The Morgan fingerprint density at radius 3 is 2.85 bits per heavy atom. The number of nitrogens with zero attached hydrogens (tertiary/aromatic N) is 2. The highest BCUT2D eigenvalue weighted by Crippen LogP contribution is 2.28. The lowest BCUT2D eigenvalue weighted by atomic mass is 10.3. The fourth-order valence-electron chi connectivity index (χ4n) is 2.03. The number of imidazole rings is 1. The molecule has 0 spiro atoms. The van der Waals surface area contributed by atoms with Crippen molar-refractivity contribution in [3.05, 3.63) is 18.2 Å². The first kappa shape index (κ1) is 14.2. The van der Waals surface area contributed by atoms with Gasteiger partial charge in [-0.25, -0.2) is 4.98 Å². The second-order valence-electron chi connectivity index (χ2n) is 4.74. The summed E-state index contributed by atoms with van der Waals surface area (Å²) in [6, 6.07) is 5.65. The highest BCUT2D eigenvalue weighted by molar-refractivity contribution is 5.84. The van der Waals surface area contributed by atoms with Crippen molar-refractivity contribution in [2.24, 2.45) is 0 Å². The number of aryl methyl sites for hydroxylation is 1. The zero-order valence-corrected chi connectivity index (χ0v) is 11.9. The molecule has 1 heterocycles. The molecule has 0 atom stereocenters. The molecule has 0 saturated carbocycles. The van der Waals surface area contributed by atoms with E-state index in [1.807, 2.05) is 32.0 Å². The lowest BCUT2D eigenvalue weighted by Crippen LogP contribution is -2.09. The minimum Gasteiger partial charge on any atom is -0.489 e. The van der Waals surface area contributed by atoms with Gasteiger partial charge in [0.05, 0.1) is 25.2 Å². The molecule has 6 nitrogen and oxygen atoms in total. The maximum atomic E-state index is 11.2. The summed E-state index contributed by atoms with van der Waals surface area (Å²) in [4.78, 5) is 15.6. The quantitative estimate of drug-likeness (QED) is 0.845. The molecule has 1 aromatic heterocycles. The fraction of sp³-hybridized carbons (Fsp3) is 0.429. The number of ether oxygens (including phenoxy) is 2. The van der Waals surface area contributed by atoms with Crippen LogP contribution >= 0.6 is 0 Å². The molecule has 0 aliphatic carbocycles. The van der Waals surface area contributed by atoms with Gasteiger partial charge in [0.2, 0.25) is 5.95 Å². The molecule has 0 bridgehead atoms. The number of methoxy groups -OCH3 is 1. The number of nitrogens with two attached hydrogens (primary N) is 1. The number of anilines is 1. The predicted molar refractivity (Wildman–Crippen MR) is 76.5 cm³/mol. The second kappa shape index (κ2) is 5.81. The average Bonchev–Trinajstić information content (AvgIpc) is 2.72. The summed E-state index contributed by atoms with van der Waals surface area (Å²) in [6.07, 6.45) is 0.309. The third kappa shape index (κ3) is 2.84. The van der Waals surface area contributed by atoms with E-state index in [-0.39, 0.29) is 18.5 Å². The molecule has 0 aliphatic heterocycles. The minimum atomic E-state index is -0.277. The maximum Gasteiger partial charge on any atom is 0.307 e. The largest absolute Gasteiger partial charge is 0.489 e. The van der Waals surface area contributed by atoms with Crippen molar-refractivity contribution < 1.29 is 14.3 Å². The molecular formula is C14H19N3O3. The van der Waals surface area contributed by atoms with E-state index in [0.717, 1.165) is 5.52 Å². The SMILES string of the molecule is COC(=O)CCn1c(N)nc2c(OC(C)C)cccc21. The highest BCUT2D eigenvalue weighted by Gasteiger charge is 2.14. The lowest BCUT2D eigenvalue weighted by Gasteiger charge is -2.10. The highest BCUT2D eigenvalue weighted by atomic mass is 16.5. The molecule has 0 amide bonds. The van der Waals surface area contributed by atoms with Crippen LogP contribution in [0.2, 0.25) is 0 Å². The van der Waals surface area contributed by atoms with Gasteiger partial charge in [0, 0.05) is 6.54 Å². The molecule has 20 heavy (non-hydrogen) atoms. The molecule has 2 aromatic rings. The zero-order chi connectivity index (χ0) is 14.7. The Balaban J connectivity index is 2.36. The summed E-state index contributed by atoms with van der Waals surface area (Å²) < 4.78 is 12.1. The topological polar surface area (TPSA) is 79.4 Å². The summed E-state index contributed by atoms with van der Waals surface area (Å²) in [5.41, 5.74) is 7.49. The smallest absolute Gasteiger partial charge is 0.307 e. The molecule has 1 aromatic carbocycles. The van der Waals surface area contributed by atoms with Crippen LogP contribution in [-0.2, 0) is 16.1 Å². The average molecular weight is 277 g/mol. The van der Waals surface area contributed by atoms with Crippen LogP contribution in [0, 0.1) is 0 Å². The molecule has 0 aliphatic rings. The van der Waals surface area contributed by atoms with Gasteiger partial charge >= 0.3 is 5.97 Å². The van der Waals surface area contributed by atoms with Crippen LogP contribution in [0.3, 0.4) is 0 Å². The van der Waals surface area contributed by atoms with Gasteiger partial charge in [0.1, 0.15) is 11.3 Å².